The molecule has 1 aliphatic rings. The molecule has 1 aliphatic carbocycles. The maximum atomic E-state index is 10.9. The number of aliphatic carboxylic acids is 1. The monoisotopic (exact) mass is 255 g/mol. The highest BCUT2D eigenvalue weighted by Crippen LogP contribution is 2.29. The predicted octanol–water partition coefficient (Wildman–Crippen LogP) is 3.42. The summed E-state index contributed by atoms with van der Waals surface area (Å²) in [4.78, 5) is 10.9. The number of carboxylic acid groups (broad SMARTS) is 1. The predicted molar refractivity (Wildman–Crippen MR) is 74.4 cm³/mol. The Morgan fingerprint density at radius 3 is 2.56 bits per heavy atom. The van der Waals surface area contributed by atoms with Gasteiger partial charge in [-0.2, -0.15) is 0 Å². The number of carboxylic acids is 1. The lowest BCUT2D eigenvalue weighted by molar-refractivity contribution is -0.141. The molecule has 0 spiro atoms. The summed E-state index contributed by atoms with van der Waals surface area (Å²) in [7, 11) is 0. The average molecular weight is 255 g/mol. The SMILES string of the molecule is C[C@H](CCCC1CCCCC1)C[C@H](CN)C(=O)O. The molecule has 0 radical (unpaired) electrons. The minimum absolute atomic E-state index is 0.266. The first kappa shape index (κ1) is 15.5. The van der Waals surface area contributed by atoms with Gasteiger partial charge in [0.1, 0.15) is 0 Å². The zero-order valence-electron chi connectivity index (χ0n) is 11.7. The van der Waals surface area contributed by atoms with Crippen molar-refractivity contribution in [3.05, 3.63) is 0 Å². The van der Waals surface area contributed by atoms with Crippen LogP contribution >= 0.6 is 0 Å². The Hall–Kier alpha value is -0.570. The first-order valence-corrected chi connectivity index (χ1v) is 7.56. The lowest BCUT2D eigenvalue weighted by Crippen LogP contribution is -2.25. The van der Waals surface area contributed by atoms with E-state index in [4.69, 9.17) is 10.8 Å². The van der Waals surface area contributed by atoms with Crippen molar-refractivity contribution < 1.29 is 9.90 Å². The van der Waals surface area contributed by atoms with Crippen LogP contribution in [0.1, 0.15) is 64.7 Å². The number of nitrogens with two attached hydrogens (primary N) is 1. The third-order valence-corrected chi connectivity index (χ3v) is 4.35. The molecule has 3 heteroatoms. The van der Waals surface area contributed by atoms with Gasteiger partial charge in [0.2, 0.25) is 0 Å². The van der Waals surface area contributed by atoms with Gasteiger partial charge < -0.3 is 10.8 Å². The topological polar surface area (TPSA) is 63.3 Å². The summed E-state index contributed by atoms with van der Waals surface area (Å²) in [5.74, 6) is 0.334. The Morgan fingerprint density at radius 2 is 2.00 bits per heavy atom. The van der Waals surface area contributed by atoms with Crippen LogP contribution in [0.2, 0.25) is 0 Å². The van der Waals surface area contributed by atoms with Crippen molar-refractivity contribution in [3.8, 4) is 0 Å². The Kier molecular flexibility index (Phi) is 7.33. The zero-order chi connectivity index (χ0) is 13.4. The average Bonchev–Trinajstić information content (AvgIpc) is 2.37. The second-order valence-electron chi connectivity index (χ2n) is 6.05. The van der Waals surface area contributed by atoms with Crippen molar-refractivity contribution >= 4 is 5.97 Å². The normalized spacial score (nSPS) is 20.6. The molecule has 1 saturated carbocycles. The minimum atomic E-state index is -0.739. The van der Waals surface area contributed by atoms with Gasteiger partial charge in [0, 0.05) is 6.54 Å². The van der Waals surface area contributed by atoms with Gasteiger partial charge in [-0.05, 0) is 18.3 Å². The van der Waals surface area contributed by atoms with Gasteiger partial charge in [-0.3, -0.25) is 4.79 Å². The number of hydrogen-bond acceptors (Lipinski definition) is 2. The third kappa shape index (κ3) is 5.85. The maximum absolute atomic E-state index is 10.9. The van der Waals surface area contributed by atoms with Crippen LogP contribution in [-0.4, -0.2) is 17.6 Å². The molecule has 0 aliphatic heterocycles. The number of rotatable bonds is 8. The Labute approximate surface area is 111 Å². The van der Waals surface area contributed by atoms with E-state index in [0.717, 1.165) is 18.8 Å². The van der Waals surface area contributed by atoms with E-state index in [2.05, 4.69) is 6.92 Å². The summed E-state index contributed by atoms with van der Waals surface area (Å²) in [5.41, 5.74) is 5.49. The highest BCUT2D eigenvalue weighted by molar-refractivity contribution is 5.70. The van der Waals surface area contributed by atoms with E-state index in [9.17, 15) is 4.79 Å². The summed E-state index contributed by atoms with van der Waals surface area (Å²) in [6, 6.07) is 0. The maximum Gasteiger partial charge on any atom is 0.307 e. The van der Waals surface area contributed by atoms with E-state index in [-0.39, 0.29) is 12.5 Å². The van der Waals surface area contributed by atoms with Crippen LogP contribution in [0.25, 0.3) is 0 Å². The minimum Gasteiger partial charge on any atom is -0.481 e. The van der Waals surface area contributed by atoms with E-state index in [1.54, 1.807) is 0 Å². The molecule has 0 aromatic carbocycles. The Bertz CT molecular complexity index is 237. The molecule has 1 fully saturated rings. The van der Waals surface area contributed by atoms with E-state index >= 15 is 0 Å². The van der Waals surface area contributed by atoms with E-state index in [1.165, 1.54) is 44.9 Å². The Morgan fingerprint density at radius 1 is 1.33 bits per heavy atom. The van der Waals surface area contributed by atoms with Crippen LogP contribution < -0.4 is 5.73 Å². The molecule has 18 heavy (non-hydrogen) atoms. The molecule has 0 aromatic rings. The van der Waals surface area contributed by atoms with E-state index < -0.39 is 5.97 Å². The molecule has 3 N–H and O–H groups in total. The van der Waals surface area contributed by atoms with Crippen LogP contribution in [0, 0.1) is 17.8 Å². The van der Waals surface area contributed by atoms with Gasteiger partial charge in [-0.15, -0.1) is 0 Å². The van der Waals surface area contributed by atoms with Crippen molar-refractivity contribution in [3.63, 3.8) is 0 Å². The van der Waals surface area contributed by atoms with Crippen LogP contribution in [-0.2, 0) is 4.79 Å². The van der Waals surface area contributed by atoms with Crippen LogP contribution in [0.15, 0.2) is 0 Å². The van der Waals surface area contributed by atoms with Crippen LogP contribution in [0.4, 0.5) is 0 Å². The second kappa shape index (κ2) is 8.52. The molecular formula is C15H29NO2. The summed E-state index contributed by atoms with van der Waals surface area (Å²) in [6.07, 6.45) is 11.5. The fraction of sp³-hybridized carbons (Fsp3) is 0.933. The Balaban J connectivity index is 2.12. The van der Waals surface area contributed by atoms with Crippen LogP contribution in [0.5, 0.6) is 0 Å². The zero-order valence-corrected chi connectivity index (χ0v) is 11.7. The molecule has 0 saturated heterocycles. The van der Waals surface area contributed by atoms with Crippen molar-refractivity contribution in [1.29, 1.82) is 0 Å². The van der Waals surface area contributed by atoms with Crippen LogP contribution in [0.3, 0.4) is 0 Å². The van der Waals surface area contributed by atoms with E-state index in [1.807, 2.05) is 0 Å². The smallest absolute Gasteiger partial charge is 0.307 e. The van der Waals surface area contributed by atoms with Gasteiger partial charge in [-0.1, -0.05) is 58.3 Å². The summed E-state index contributed by atoms with van der Waals surface area (Å²) >= 11 is 0. The highest BCUT2D eigenvalue weighted by Gasteiger charge is 2.19. The molecule has 0 amide bonds. The van der Waals surface area contributed by atoms with Crippen molar-refractivity contribution in [2.24, 2.45) is 23.5 Å². The molecule has 0 unspecified atom stereocenters. The molecule has 3 nitrogen and oxygen atoms in total. The van der Waals surface area contributed by atoms with Gasteiger partial charge in [0.15, 0.2) is 0 Å². The van der Waals surface area contributed by atoms with Gasteiger partial charge >= 0.3 is 5.97 Å². The summed E-state index contributed by atoms with van der Waals surface area (Å²) < 4.78 is 0. The highest BCUT2D eigenvalue weighted by atomic mass is 16.4. The van der Waals surface area contributed by atoms with Crippen molar-refractivity contribution in [2.45, 2.75) is 64.7 Å². The lowest BCUT2D eigenvalue weighted by atomic mass is 9.84. The molecular weight excluding hydrogens is 226 g/mol. The molecule has 0 bridgehead atoms. The molecule has 0 heterocycles. The van der Waals surface area contributed by atoms with Crippen molar-refractivity contribution in [2.75, 3.05) is 6.54 Å². The largest absolute Gasteiger partial charge is 0.481 e. The summed E-state index contributed by atoms with van der Waals surface area (Å²) in [6.45, 7) is 2.43. The van der Waals surface area contributed by atoms with Gasteiger partial charge in [0.25, 0.3) is 0 Å². The molecule has 2 atom stereocenters. The number of hydrogen-bond donors (Lipinski definition) is 2. The second-order valence-corrected chi connectivity index (χ2v) is 6.05. The first-order chi connectivity index (χ1) is 8.63. The fourth-order valence-corrected chi connectivity index (χ4v) is 3.13. The molecule has 106 valence electrons. The first-order valence-electron chi connectivity index (χ1n) is 7.56. The van der Waals surface area contributed by atoms with Gasteiger partial charge in [-0.25, -0.2) is 0 Å². The van der Waals surface area contributed by atoms with Gasteiger partial charge in [0.05, 0.1) is 5.92 Å². The quantitative estimate of drug-likeness (QED) is 0.698. The van der Waals surface area contributed by atoms with E-state index in [0.29, 0.717) is 5.92 Å². The lowest BCUT2D eigenvalue weighted by Gasteiger charge is -2.22. The van der Waals surface area contributed by atoms with Crippen molar-refractivity contribution in [1.82, 2.24) is 0 Å². The fourth-order valence-electron chi connectivity index (χ4n) is 3.13. The summed E-state index contributed by atoms with van der Waals surface area (Å²) in [5, 5.41) is 8.97. The molecule has 0 aromatic heterocycles. The third-order valence-electron chi connectivity index (χ3n) is 4.35. The molecule has 1 rings (SSSR count). The standard InChI is InChI=1S/C15H29NO2/c1-12(10-14(11-16)15(17)18)6-5-9-13-7-3-2-4-8-13/h12-14H,2-11,16H2,1H3,(H,17,18)/t12-,14-/m1/s1. The number of carbonyl (C=O) groups is 1.